The number of anilines is 1. The first kappa shape index (κ1) is 17.7. The van der Waals surface area contributed by atoms with Crippen molar-refractivity contribution in [1.82, 2.24) is 19.5 Å². The van der Waals surface area contributed by atoms with Crippen LogP contribution in [0, 0.1) is 5.82 Å². The molecular weight excluding hydrogens is 347 g/mol. The molecule has 0 radical (unpaired) electrons. The van der Waals surface area contributed by atoms with Gasteiger partial charge in [0, 0.05) is 35.6 Å². The minimum absolute atomic E-state index is 0.359. The van der Waals surface area contributed by atoms with Gasteiger partial charge in [-0.25, -0.2) is 8.91 Å². The summed E-state index contributed by atoms with van der Waals surface area (Å²) in [6.07, 6.45) is 6.90. The smallest absolute Gasteiger partial charge is 0.216 e. The average Bonchev–Trinajstić information content (AvgIpc) is 3.35. The van der Waals surface area contributed by atoms with E-state index in [4.69, 9.17) is 10.6 Å². The van der Waals surface area contributed by atoms with Gasteiger partial charge in [-0.15, -0.1) is 0 Å². The summed E-state index contributed by atoms with van der Waals surface area (Å²) in [5.74, 6) is 5.59. The molecule has 3 aromatic rings. The van der Waals surface area contributed by atoms with Crippen molar-refractivity contribution in [2.45, 2.75) is 19.3 Å². The van der Waals surface area contributed by atoms with Gasteiger partial charge < -0.3 is 15.1 Å². The summed E-state index contributed by atoms with van der Waals surface area (Å²) in [4.78, 5) is 6.98. The second kappa shape index (κ2) is 7.89. The number of halogens is 1. The molecule has 0 saturated carbocycles. The van der Waals surface area contributed by atoms with Crippen LogP contribution in [0.1, 0.15) is 19.3 Å². The summed E-state index contributed by atoms with van der Waals surface area (Å²) in [5, 5.41) is 4.26. The molecule has 3 N–H and O–H groups in total. The highest BCUT2D eigenvalue weighted by Crippen LogP contribution is 2.29. The van der Waals surface area contributed by atoms with Crippen LogP contribution in [-0.2, 0) is 0 Å². The van der Waals surface area contributed by atoms with Gasteiger partial charge in [0.15, 0.2) is 5.65 Å². The van der Waals surface area contributed by atoms with Crippen LogP contribution in [0.2, 0.25) is 0 Å². The number of fused-ring (bicyclic) bond motifs is 1. The van der Waals surface area contributed by atoms with E-state index >= 15 is 0 Å². The van der Waals surface area contributed by atoms with E-state index in [9.17, 15) is 4.39 Å². The molecule has 1 aliphatic heterocycles. The van der Waals surface area contributed by atoms with E-state index in [2.05, 4.69) is 20.4 Å². The maximum Gasteiger partial charge on any atom is 0.216 e. The highest BCUT2D eigenvalue weighted by atomic mass is 19.1. The fraction of sp³-hybridized carbons (Fsp3) is 0.368. The lowest BCUT2D eigenvalue weighted by Gasteiger charge is -2.14. The van der Waals surface area contributed by atoms with Crippen LogP contribution in [0.25, 0.3) is 16.8 Å². The summed E-state index contributed by atoms with van der Waals surface area (Å²) < 4.78 is 21.7. The van der Waals surface area contributed by atoms with Crippen LogP contribution in [0.15, 0.2) is 36.7 Å². The monoisotopic (exact) mass is 370 g/mol. The van der Waals surface area contributed by atoms with Gasteiger partial charge in [-0.3, -0.25) is 5.84 Å². The van der Waals surface area contributed by atoms with Crippen molar-refractivity contribution in [2.75, 3.05) is 31.7 Å². The average molecular weight is 370 g/mol. The number of benzene rings is 1. The summed E-state index contributed by atoms with van der Waals surface area (Å²) >= 11 is 0. The Hall–Kier alpha value is -2.71. The molecule has 0 unspecified atom stereocenters. The van der Waals surface area contributed by atoms with Crippen molar-refractivity contribution in [1.29, 1.82) is 0 Å². The van der Waals surface area contributed by atoms with Crippen molar-refractivity contribution in [3.63, 3.8) is 0 Å². The fourth-order valence-electron chi connectivity index (χ4n) is 3.42. The summed E-state index contributed by atoms with van der Waals surface area (Å²) in [7, 11) is 0. The van der Waals surface area contributed by atoms with Crippen LogP contribution < -0.4 is 16.0 Å². The van der Waals surface area contributed by atoms with Gasteiger partial charge in [0.05, 0.1) is 12.8 Å². The quantitative estimate of drug-likeness (QED) is 0.378. The van der Waals surface area contributed by atoms with Crippen LogP contribution in [-0.4, -0.2) is 45.7 Å². The molecule has 142 valence electrons. The number of aromatic nitrogens is 3. The molecule has 4 rings (SSSR count). The van der Waals surface area contributed by atoms with Gasteiger partial charge >= 0.3 is 0 Å². The molecule has 1 aliphatic rings. The van der Waals surface area contributed by atoms with E-state index < -0.39 is 0 Å². The zero-order chi connectivity index (χ0) is 18.6. The van der Waals surface area contributed by atoms with Gasteiger partial charge in [0.25, 0.3) is 0 Å². The molecule has 1 saturated heterocycles. The summed E-state index contributed by atoms with van der Waals surface area (Å²) in [5.41, 5.74) is 4.66. The van der Waals surface area contributed by atoms with Crippen LogP contribution >= 0.6 is 0 Å². The predicted octanol–water partition coefficient (Wildman–Crippen LogP) is 2.69. The lowest BCUT2D eigenvalue weighted by Crippen LogP contribution is -2.22. The Morgan fingerprint density at radius 1 is 1.19 bits per heavy atom. The Morgan fingerprint density at radius 2 is 2.04 bits per heavy atom. The molecule has 0 bridgehead atoms. The van der Waals surface area contributed by atoms with Crippen LogP contribution in [0.3, 0.4) is 0 Å². The maximum atomic E-state index is 14.3. The van der Waals surface area contributed by atoms with Crippen molar-refractivity contribution < 1.29 is 9.13 Å². The molecule has 2 aromatic heterocycles. The van der Waals surface area contributed by atoms with E-state index in [1.54, 1.807) is 35.1 Å². The second-order valence-corrected chi connectivity index (χ2v) is 6.68. The largest absolute Gasteiger partial charge is 0.478 e. The molecule has 0 amide bonds. The number of nitrogens with two attached hydrogens (primary N) is 1. The third kappa shape index (κ3) is 3.86. The highest BCUT2D eigenvalue weighted by molar-refractivity contribution is 5.79. The van der Waals surface area contributed by atoms with E-state index in [1.807, 2.05) is 0 Å². The molecule has 0 aliphatic carbocycles. The Bertz CT molecular complexity index is 922. The normalized spacial score (nSPS) is 14.7. The molecule has 1 aromatic carbocycles. The first-order chi connectivity index (χ1) is 13.2. The van der Waals surface area contributed by atoms with Crippen molar-refractivity contribution >= 4 is 11.3 Å². The van der Waals surface area contributed by atoms with Gasteiger partial charge in [0.1, 0.15) is 5.82 Å². The lowest BCUT2D eigenvalue weighted by atomic mass is 10.1. The van der Waals surface area contributed by atoms with Crippen molar-refractivity contribution in [3.05, 3.63) is 42.5 Å². The topological polar surface area (TPSA) is 80.7 Å². The van der Waals surface area contributed by atoms with Crippen molar-refractivity contribution in [3.8, 4) is 17.0 Å². The molecule has 7 nitrogen and oxygen atoms in total. The number of nitrogens with one attached hydrogen (secondary N) is 1. The van der Waals surface area contributed by atoms with Crippen LogP contribution in [0.5, 0.6) is 5.88 Å². The second-order valence-electron chi connectivity index (χ2n) is 6.68. The van der Waals surface area contributed by atoms with E-state index in [1.165, 1.54) is 32.0 Å². The number of hydrogen-bond donors (Lipinski definition) is 2. The molecule has 27 heavy (non-hydrogen) atoms. The Balaban J connectivity index is 1.51. The van der Waals surface area contributed by atoms with E-state index in [0.717, 1.165) is 13.0 Å². The van der Waals surface area contributed by atoms with Crippen LogP contribution in [0.4, 0.5) is 10.1 Å². The fourth-order valence-corrected chi connectivity index (χ4v) is 3.42. The molecule has 0 atom stereocenters. The van der Waals surface area contributed by atoms with Gasteiger partial charge in [-0.2, -0.15) is 10.1 Å². The number of hydrazine groups is 1. The molecule has 8 heteroatoms. The highest BCUT2D eigenvalue weighted by Gasteiger charge is 2.14. The molecule has 1 fully saturated rings. The summed E-state index contributed by atoms with van der Waals surface area (Å²) in [6.45, 7) is 4.02. The Morgan fingerprint density at radius 3 is 2.85 bits per heavy atom. The van der Waals surface area contributed by atoms with E-state index in [0.29, 0.717) is 34.9 Å². The third-order valence-corrected chi connectivity index (χ3v) is 4.83. The first-order valence-corrected chi connectivity index (χ1v) is 9.21. The first-order valence-electron chi connectivity index (χ1n) is 9.21. The molecular formula is C19H23FN6O. The SMILES string of the molecule is NNc1ccc(F)c(-c2cnn3ccc(OCCCN4CCCC4)nc23)c1. The third-order valence-electron chi connectivity index (χ3n) is 4.83. The number of rotatable bonds is 7. The number of nitrogens with zero attached hydrogens (tertiary/aromatic N) is 4. The zero-order valence-corrected chi connectivity index (χ0v) is 15.1. The van der Waals surface area contributed by atoms with Crippen molar-refractivity contribution in [2.24, 2.45) is 5.84 Å². The zero-order valence-electron chi connectivity index (χ0n) is 15.1. The predicted molar refractivity (Wildman–Crippen MR) is 102 cm³/mol. The Labute approximate surface area is 156 Å². The number of nitrogen functional groups attached to an aromatic ring is 1. The van der Waals surface area contributed by atoms with Gasteiger partial charge in [0.2, 0.25) is 5.88 Å². The number of hydrogen-bond acceptors (Lipinski definition) is 6. The van der Waals surface area contributed by atoms with Gasteiger partial charge in [-0.1, -0.05) is 0 Å². The van der Waals surface area contributed by atoms with Gasteiger partial charge in [-0.05, 0) is 50.6 Å². The summed E-state index contributed by atoms with van der Waals surface area (Å²) in [6, 6.07) is 6.35. The number of likely N-dealkylation sites (tertiary alicyclic amines) is 1. The minimum atomic E-state index is -0.359. The minimum Gasteiger partial charge on any atom is -0.478 e. The molecule has 0 spiro atoms. The van der Waals surface area contributed by atoms with E-state index in [-0.39, 0.29) is 5.82 Å². The Kier molecular flexibility index (Phi) is 5.17. The lowest BCUT2D eigenvalue weighted by molar-refractivity contribution is 0.257. The maximum absolute atomic E-state index is 14.3. The standard InChI is InChI=1S/C19H23FN6O/c20-17-5-4-14(24-21)12-15(17)16-13-22-26-10-6-18(23-19(16)26)27-11-3-9-25-7-1-2-8-25/h4-6,10,12-13,24H,1-3,7-9,11,21H2. The number of ether oxygens (including phenoxy) is 1. The molecule has 3 heterocycles.